The monoisotopic (exact) mass is 499 g/mol. The van der Waals surface area contributed by atoms with E-state index in [0.29, 0.717) is 48.3 Å². The molecule has 3 heterocycles. The molecule has 1 saturated heterocycles. The summed E-state index contributed by atoms with van der Waals surface area (Å²) in [6.45, 7) is 2.39. The summed E-state index contributed by atoms with van der Waals surface area (Å²) in [5, 5.41) is 18.2. The number of nitrogens with zero attached hydrogens (tertiary/aromatic N) is 7. The highest BCUT2D eigenvalue weighted by atomic mass is 32.2. The number of nitriles is 1. The number of amides is 1. The zero-order valence-corrected chi connectivity index (χ0v) is 20.1. The number of hydrogen-bond acceptors (Lipinski definition) is 7. The van der Waals surface area contributed by atoms with Gasteiger partial charge in [0.1, 0.15) is 11.6 Å². The number of anilines is 1. The molecule has 0 N–H and O–H groups in total. The van der Waals surface area contributed by atoms with Gasteiger partial charge in [-0.1, -0.05) is 42.1 Å². The molecule has 0 unspecified atom stereocenters. The van der Waals surface area contributed by atoms with Crippen molar-refractivity contribution in [3.63, 3.8) is 0 Å². The van der Waals surface area contributed by atoms with Crippen LogP contribution in [0, 0.1) is 17.1 Å². The predicted octanol–water partition coefficient (Wildman–Crippen LogP) is 3.78. The average molecular weight is 500 g/mol. The van der Waals surface area contributed by atoms with Gasteiger partial charge in [0, 0.05) is 38.1 Å². The maximum atomic E-state index is 14.6. The van der Waals surface area contributed by atoms with Crippen LogP contribution in [0.15, 0.2) is 78.1 Å². The highest BCUT2D eigenvalue weighted by molar-refractivity contribution is 7.99. The molecule has 180 valence electrons. The quantitative estimate of drug-likeness (QED) is 0.373. The molecule has 8 nitrogen and oxygen atoms in total. The van der Waals surface area contributed by atoms with Gasteiger partial charge in [-0.25, -0.2) is 9.37 Å². The first-order valence-corrected chi connectivity index (χ1v) is 12.4. The second-order valence-corrected chi connectivity index (χ2v) is 9.07. The van der Waals surface area contributed by atoms with Crippen molar-refractivity contribution >= 4 is 23.5 Å². The lowest BCUT2D eigenvalue weighted by molar-refractivity contribution is -0.128. The number of aromatic nitrogens is 4. The van der Waals surface area contributed by atoms with Crippen molar-refractivity contribution in [2.24, 2.45) is 0 Å². The molecule has 0 spiro atoms. The minimum absolute atomic E-state index is 0.00608. The third-order valence-corrected chi connectivity index (χ3v) is 6.83. The van der Waals surface area contributed by atoms with Crippen LogP contribution in [-0.2, 0) is 4.79 Å². The first-order valence-electron chi connectivity index (χ1n) is 11.4. The normalized spacial score (nSPS) is 13.4. The number of pyridine rings is 1. The summed E-state index contributed by atoms with van der Waals surface area (Å²) < 4.78 is 16.3. The zero-order chi connectivity index (χ0) is 24.9. The molecule has 0 atom stereocenters. The zero-order valence-electron chi connectivity index (χ0n) is 19.3. The molecule has 2 aromatic heterocycles. The molecule has 1 aliphatic heterocycles. The Kier molecular flexibility index (Phi) is 6.91. The molecule has 0 aliphatic carbocycles. The van der Waals surface area contributed by atoms with E-state index < -0.39 is 0 Å². The Balaban J connectivity index is 1.29. The van der Waals surface area contributed by atoms with Gasteiger partial charge in [0.05, 0.1) is 22.9 Å². The molecule has 0 saturated carbocycles. The van der Waals surface area contributed by atoms with E-state index in [1.54, 1.807) is 41.1 Å². The van der Waals surface area contributed by atoms with E-state index in [1.165, 1.54) is 17.8 Å². The smallest absolute Gasteiger partial charge is 0.233 e. The van der Waals surface area contributed by atoms with Crippen LogP contribution in [-0.4, -0.2) is 62.5 Å². The second kappa shape index (κ2) is 10.6. The molecular weight excluding hydrogens is 477 g/mol. The van der Waals surface area contributed by atoms with Gasteiger partial charge >= 0.3 is 0 Å². The fourth-order valence-electron chi connectivity index (χ4n) is 4.05. The highest BCUT2D eigenvalue weighted by Gasteiger charge is 2.24. The summed E-state index contributed by atoms with van der Waals surface area (Å²) in [7, 11) is 0. The van der Waals surface area contributed by atoms with Gasteiger partial charge in [0.2, 0.25) is 5.91 Å². The Morgan fingerprint density at radius 2 is 1.75 bits per heavy atom. The number of rotatable bonds is 6. The first-order chi connectivity index (χ1) is 17.6. The maximum Gasteiger partial charge on any atom is 0.233 e. The van der Waals surface area contributed by atoms with Crippen molar-refractivity contribution in [1.29, 1.82) is 5.26 Å². The van der Waals surface area contributed by atoms with E-state index in [1.807, 2.05) is 35.2 Å². The summed E-state index contributed by atoms with van der Waals surface area (Å²) in [4.78, 5) is 21.2. The van der Waals surface area contributed by atoms with Crippen LogP contribution in [0.1, 0.15) is 5.56 Å². The predicted molar refractivity (Wildman–Crippen MR) is 135 cm³/mol. The molecule has 0 radical (unpaired) electrons. The third kappa shape index (κ3) is 4.92. The standard InChI is InChI=1S/C26H22FN7OS/c27-22-9-5-4-8-21(22)25-30-31-26(34(25)20-6-2-1-3-7-20)36-18-24(35)33-14-12-32(13-15-33)23-16-19(17-28)10-11-29-23/h1-11,16H,12-15,18H2. The molecule has 36 heavy (non-hydrogen) atoms. The van der Waals surface area contributed by atoms with Gasteiger partial charge in [0.15, 0.2) is 11.0 Å². The molecule has 1 fully saturated rings. The SMILES string of the molecule is N#Cc1ccnc(N2CCN(C(=O)CSc3nnc(-c4ccccc4F)n3-c3ccccc3)CC2)c1. The van der Waals surface area contributed by atoms with E-state index in [9.17, 15) is 9.18 Å². The maximum absolute atomic E-state index is 14.6. The fraction of sp³-hybridized carbons (Fsp3) is 0.192. The Morgan fingerprint density at radius 1 is 1.00 bits per heavy atom. The highest BCUT2D eigenvalue weighted by Crippen LogP contribution is 2.29. The van der Waals surface area contributed by atoms with Gasteiger partial charge < -0.3 is 9.80 Å². The molecule has 10 heteroatoms. The van der Waals surface area contributed by atoms with Crippen LogP contribution >= 0.6 is 11.8 Å². The van der Waals surface area contributed by atoms with Gasteiger partial charge in [-0.05, 0) is 36.4 Å². The van der Waals surface area contributed by atoms with Gasteiger partial charge in [-0.2, -0.15) is 5.26 Å². The molecule has 1 aliphatic rings. The lowest BCUT2D eigenvalue weighted by Gasteiger charge is -2.35. The molecule has 0 bridgehead atoms. The summed E-state index contributed by atoms with van der Waals surface area (Å²) in [6, 6.07) is 21.5. The summed E-state index contributed by atoms with van der Waals surface area (Å²) in [5.41, 5.74) is 1.70. The minimum Gasteiger partial charge on any atom is -0.353 e. The molecule has 2 aromatic carbocycles. The minimum atomic E-state index is -0.387. The van der Waals surface area contributed by atoms with Crippen LogP contribution < -0.4 is 4.90 Å². The Hall–Kier alpha value is -4.23. The van der Waals surface area contributed by atoms with Crippen LogP contribution in [0.5, 0.6) is 0 Å². The van der Waals surface area contributed by atoms with E-state index in [-0.39, 0.29) is 17.5 Å². The Labute approximate surface area is 212 Å². The van der Waals surface area contributed by atoms with Crippen LogP contribution in [0.3, 0.4) is 0 Å². The number of hydrogen-bond donors (Lipinski definition) is 0. The number of thioether (sulfide) groups is 1. The fourth-order valence-corrected chi connectivity index (χ4v) is 4.91. The number of piperazine rings is 1. The average Bonchev–Trinajstić information content (AvgIpc) is 3.36. The van der Waals surface area contributed by atoms with E-state index in [4.69, 9.17) is 5.26 Å². The van der Waals surface area contributed by atoms with Crippen molar-refractivity contribution < 1.29 is 9.18 Å². The van der Waals surface area contributed by atoms with Gasteiger partial charge in [-0.15, -0.1) is 10.2 Å². The molecule has 1 amide bonds. The van der Waals surface area contributed by atoms with Crippen molar-refractivity contribution in [2.45, 2.75) is 5.16 Å². The Bertz CT molecular complexity index is 1410. The van der Waals surface area contributed by atoms with Crippen molar-refractivity contribution in [1.82, 2.24) is 24.6 Å². The molecule has 5 rings (SSSR count). The molecular formula is C26H22FN7OS. The number of halogens is 1. The first kappa shape index (κ1) is 23.5. The summed E-state index contributed by atoms with van der Waals surface area (Å²) in [5.74, 6) is 0.919. The largest absolute Gasteiger partial charge is 0.353 e. The van der Waals surface area contributed by atoms with E-state index in [2.05, 4.69) is 26.2 Å². The van der Waals surface area contributed by atoms with Crippen LogP contribution in [0.4, 0.5) is 10.2 Å². The number of para-hydroxylation sites is 1. The van der Waals surface area contributed by atoms with Crippen LogP contribution in [0.25, 0.3) is 17.1 Å². The van der Waals surface area contributed by atoms with Crippen molar-refractivity contribution in [2.75, 3.05) is 36.8 Å². The van der Waals surface area contributed by atoms with Gasteiger partial charge in [0.25, 0.3) is 0 Å². The van der Waals surface area contributed by atoms with Gasteiger partial charge in [-0.3, -0.25) is 9.36 Å². The molecule has 4 aromatic rings. The summed E-state index contributed by atoms with van der Waals surface area (Å²) in [6.07, 6.45) is 1.63. The van der Waals surface area contributed by atoms with Crippen molar-refractivity contribution in [3.05, 3.63) is 84.3 Å². The van der Waals surface area contributed by atoms with E-state index >= 15 is 0 Å². The Morgan fingerprint density at radius 3 is 2.50 bits per heavy atom. The topological polar surface area (TPSA) is 90.9 Å². The van der Waals surface area contributed by atoms with E-state index in [0.717, 1.165) is 11.5 Å². The van der Waals surface area contributed by atoms with Crippen molar-refractivity contribution in [3.8, 4) is 23.1 Å². The lowest BCUT2D eigenvalue weighted by atomic mass is 10.2. The second-order valence-electron chi connectivity index (χ2n) is 8.13. The lowest BCUT2D eigenvalue weighted by Crippen LogP contribution is -2.49. The number of carbonyl (C=O) groups is 1. The summed E-state index contributed by atoms with van der Waals surface area (Å²) >= 11 is 1.28. The number of benzene rings is 2. The van der Waals surface area contributed by atoms with Crippen LogP contribution in [0.2, 0.25) is 0 Å². The third-order valence-electron chi connectivity index (χ3n) is 5.92. The number of carbonyl (C=O) groups excluding carboxylic acids is 1.